The maximum atomic E-state index is 13.6. The summed E-state index contributed by atoms with van der Waals surface area (Å²) in [5, 5.41) is 3.45. The summed E-state index contributed by atoms with van der Waals surface area (Å²) in [5.41, 5.74) is 0.173. The number of ether oxygens (including phenoxy) is 1. The minimum absolute atomic E-state index is 0.0505. The number of halogens is 2. The van der Waals surface area contributed by atoms with Gasteiger partial charge in [0.15, 0.2) is 0 Å². The van der Waals surface area contributed by atoms with E-state index in [1.165, 1.54) is 18.2 Å². The van der Waals surface area contributed by atoms with E-state index in [-0.39, 0.29) is 11.6 Å². The van der Waals surface area contributed by atoms with Crippen molar-refractivity contribution in [1.82, 2.24) is 5.32 Å². The van der Waals surface area contributed by atoms with Crippen LogP contribution in [0.2, 0.25) is 0 Å². The van der Waals surface area contributed by atoms with Crippen molar-refractivity contribution in [3.05, 3.63) is 35.4 Å². The summed E-state index contributed by atoms with van der Waals surface area (Å²) in [6.45, 7) is 3.55. The van der Waals surface area contributed by atoms with Crippen LogP contribution in [0.4, 0.5) is 8.78 Å². The van der Waals surface area contributed by atoms with Gasteiger partial charge in [-0.2, -0.15) is 0 Å². The largest absolute Gasteiger partial charge is 0.381 e. The number of hydrogen-bond acceptors (Lipinski definition) is 2. The number of nitrogens with one attached hydrogen (secondary N) is 1. The smallest absolute Gasteiger partial charge is 0.129 e. The summed E-state index contributed by atoms with van der Waals surface area (Å²) in [5.74, 6) is -0.921. The van der Waals surface area contributed by atoms with Crippen LogP contribution in [-0.2, 0) is 11.2 Å². The molecule has 2 nitrogen and oxygen atoms in total. The lowest BCUT2D eigenvalue weighted by atomic mass is 10.0. The maximum absolute atomic E-state index is 13.6. The molecule has 1 saturated heterocycles. The van der Waals surface area contributed by atoms with Crippen molar-refractivity contribution in [2.24, 2.45) is 0 Å². The van der Waals surface area contributed by atoms with Crippen molar-refractivity contribution in [2.75, 3.05) is 13.2 Å². The molecule has 0 saturated carbocycles. The van der Waals surface area contributed by atoms with Gasteiger partial charge < -0.3 is 10.1 Å². The van der Waals surface area contributed by atoms with Crippen LogP contribution in [-0.4, -0.2) is 25.3 Å². The monoisotopic (exact) mass is 269 g/mol. The Morgan fingerprint density at radius 3 is 2.74 bits per heavy atom. The van der Waals surface area contributed by atoms with Crippen molar-refractivity contribution in [1.29, 1.82) is 0 Å². The maximum Gasteiger partial charge on any atom is 0.129 e. The van der Waals surface area contributed by atoms with Crippen molar-refractivity contribution >= 4 is 0 Å². The zero-order valence-corrected chi connectivity index (χ0v) is 11.3. The molecule has 4 heteroatoms. The molecule has 1 aromatic carbocycles. The molecule has 0 aliphatic carbocycles. The molecule has 1 N–H and O–H groups in total. The Balaban J connectivity index is 1.91. The van der Waals surface area contributed by atoms with E-state index in [9.17, 15) is 8.78 Å². The van der Waals surface area contributed by atoms with E-state index < -0.39 is 11.6 Å². The van der Waals surface area contributed by atoms with Crippen LogP contribution in [0.1, 0.15) is 31.7 Å². The zero-order chi connectivity index (χ0) is 13.7. The number of hydrogen-bond donors (Lipinski definition) is 1. The highest BCUT2D eigenvalue weighted by Crippen LogP contribution is 2.15. The van der Waals surface area contributed by atoms with Crippen LogP contribution < -0.4 is 5.32 Å². The fourth-order valence-electron chi connectivity index (χ4n) is 2.57. The first-order valence-corrected chi connectivity index (χ1v) is 6.93. The van der Waals surface area contributed by atoms with Crippen LogP contribution in [0.5, 0.6) is 0 Å². The van der Waals surface area contributed by atoms with Crippen LogP contribution >= 0.6 is 0 Å². The summed E-state index contributed by atoms with van der Waals surface area (Å²) in [6, 6.07) is 4.45. The minimum atomic E-state index is -0.460. The molecule has 1 fully saturated rings. The lowest BCUT2D eigenvalue weighted by Gasteiger charge is -2.22. The third-order valence-electron chi connectivity index (χ3n) is 3.54. The van der Waals surface area contributed by atoms with E-state index in [1.807, 2.05) is 6.92 Å². The summed E-state index contributed by atoms with van der Waals surface area (Å²) < 4.78 is 32.5. The molecule has 2 atom stereocenters. The summed E-state index contributed by atoms with van der Waals surface area (Å²) in [4.78, 5) is 0. The Hall–Kier alpha value is -1.00. The Kier molecular flexibility index (Phi) is 5.28. The molecule has 0 aromatic heterocycles. The second kappa shape index (κ2) is 6.96. The van der Waals surface area contributed by atoms with Gasteiger partial charge in [-0.15, -0.1) is 0 Å². The van der Waals surface area contributed by atoms with Crippen LogP contribution in [0.15, 0.2) is 18.2 Å². The van der Waals surface area contributed by atoms with Gasteiger partial charge in [-0.05, 0) is 44.7 Å². The van der Waals surface area contributed by atoms with Crippen molar-refractivity contribution in [3.63, 3.8) is 0 Å². The molecule has 1 aliphatic heterocycles. The van der Waals surface area contributed by atoms with Gasteiger partial charge in [0.05, 0.1) is 0 Å². The molecule has 0 bridgehead atoms. The first kappa shape index (κ1) is 14.4. The number of benzene rings is 1. The van der Waals surface area contributed by atoms with E-state index in [2.05, 4.69) is 5.32 Å². The minimum Gasteiger partial charge on any atom is -0.381 e. The third-order valence-corrected chi connectivity index (χ3v) is 3.54. The van der Waals surface area contributed by atoms with Gasteiger partial charge in [0.1, 0.15) is 11.6 Å². The summed E-state index contributed by atoms with van der Waals surface area (Å²) >= 11 is 0. The van der Waals surface area contributed by atoms with Gasteiger partial charge in [0.2, 0.25) is 0 Å². The first-order valence-electron chi connectivity index (χ1n) is 6.93. The van der Waals surface area contributed by atoms with Crippen LogP contribution in [0, 0.1) is 11.6 Å². The predicted molar refractivity (Wildman–Crippen MR) is 71.1 cm³/mol. The standard InChI is InChI=1S/C15H21F2NO/c1-11(18-12-4-3-8-19-9-7-12)10-13-14(16)5-2-6-15(13)17/h2,5-6,11-12,18H,3-4,7-10H2,1H3. The Morgan fingerprint density at radius 2 is 2.00 bits per heavy atom. The molecular formula is C15H21F2NO. The molecule has 0 amide bonds. The molecular weight excluding hydrogens is 248 g/mol. The topological polar surface area (TPSA) is 21.3 Å². The molecule has 1 heterocycles. The van der Waals surface area contributed by atoms with Gasteiger partial charge in [0, 0.05) is 30.9 Å². The van der Waals surface area contributed by atoms with Gasteiger partial charge in [0.25, 0.3) is 0 Å². The van der Waals surface area contributed by atoms with Crippen molar-refractivity contribution < 1.29 is 13.5 Å². The van der Waals surface area contributed by atoms with E-state index >= 15 is 0 Å². The van der Waals surface area contributed by atoms with Gasteiger partial charge in [-0.25, -0.2) is 8.78 Å². The van der Waals surface area contributed by atoms with E-state index in [4.69, 9.17) is 4.74 Å². The third kappa shape index (κ3) is 4.25. The van der Waals surface area contributed by atoms with E-state index in [0.29, 0.717) is 12.5 Å². The highest BCUT2D eigenvalue weighted by Gasteiger charge is 2.17. The average molecular weight is 269 g/mol. The molecule has 1 aliphatic rings. The Labute approximate surface area is 113 Å². The van der Waals surface area contributed by atoms with E-state index in [1.54, 1.807) is 0 Å². The lowest BCUT2D eigenvalue weighted by molar-refractivity contribution is 0.142. The average Bonchev–Trinajstić information content (AvgIpc) is 2.63. The van der Waals surface area contributed by atoms with Crippen LogP contribution in [0.3, 0.4) is 0 Å². The lowest BCUT2D eigenvalue weighted by Crippen LogP contribution is -2.38. The van der Waals surface area contributed by atoms with Crippen molar-refractivity contribution in [3.8, 4) is 0 Å². The molecule has 2 unspecified atom stereocenters. The molecule has 106 valence electrons. The molecule has 1 aromatic rings. The molecule has 2 rings (SSSR count). The summed E-state index contributed by atoms with van der Waals surface area (Å²) in [7, 11) is 0. The second-order valence-electron chi connectivity index (χ2n) is 5.21. The van der Waals surface area contributed by atoms with Crippen molar-refractivity contribution in [2.45, 2.75) is 44.7 Å². The fraction of sp³-hybridized carbons (Fsp3) is 0.600. The normalized spacial score (nSPS) is 21.9. The predicted octanol–water partition coefficient (Wildman–Crippen LogP) is 3.05. The second-order valence-corrected chi connectivity index (χ2v) is 5.21. The highest BCUT2D eigenvalue weighted by molar-refractivity contribution is 5.20. The Morgan fingerprint density at radius 1 is 1.26 bits per heavy atom. The Bertz CT molecular complexity index is 383. The first-order chi connectivity index (χ1) is 9.16. The van der Waals surface area contributed by atoms with Gasteiger partial charge in [-0.3, -0.25) is 0 Å². The quantitative estimate of drug-likeness (QED) is 0.907. The molecule has 19 heavy (non-hydrogen) atoms. The SMILES string of the molecule is CC(Cc1c(F)cccc1F)NC1CCCOCC1. The number of rotatable bonds is 4. The summed E-state index contributed by atoms with van der Waals surface area (Å²) in [6.07, 6.45) is 3.43. The highest BCUT2D eigenvalue weighted by atomic mass is 19.1. The molecule has 0 spiro atoms. The van der Waals surface area contributed by atoms with E-state index in [0.717, 1.165) is 32.5 Å². The zero-order valence-electron chi connectivity index (χ0n) is 11.3. The fourth-order valence-corrected chi connectivity index (χ4v) is 2.57. The van der Waals surface area contributed by atoms with Crippen LogP contribution in [0.25, 0.3) is 0 Å². The van der Waals surface area contributed by atoms with Gasteiger partial charge in [-0.1, -0.05) is 6.07 Å². The van der Waals surface area contributed by atoms with Gasteiger partial charge >= 0.3 is 0 Å². The molecule has 0 radical (unpaired) electrons.